The summed E-state index contributed by atoms with van der Waals surface area (Å²) in [4.78, 5) is 3.21. The fourth-order valence-corrected chi connectivity index (χ4v) is 2.12. The van der Waals surface area contributed by atoms with Crippen molar-refractivity contribution in [2.75, 3.05) is 0 Å². The van der Waals surface area contributed by atoms with E-state index in [1.165, 1.54) is 0 Å². The maximum absolute atomic E-state index is 12.3. The fraction of sp³-hybridized carbons (Fsp3) is 0.167. The summed E-state index contributed by atoms with van der Waals surface area (Å²) in [6.45, 7) is 0. The van der Waals surface area contributed by atoms with Crippen LogP contribution in [-0.4, -0.2) is 13.4 Å². The second-order valence-electron chi connectivity index (χ2n) is 2.50. The van der Waals surface area contributed by atoms with Crippen molar-refractivity contribution in [3.05, 3.63) is 21.8 Å². The van der Waals surface area contributed by atoms with Crippen molar-refractivity contribution in [3.63, 3.8) is 0 Å². The van der Waals surface area contributed by atoms with Crippen LogP contribution in [0.15, 0.2) is 11.1 Å². The van der Waals surface area contributed by atoms with Crippen LogP contribution in [0.3, 0.4) is 0 Å². The number of aromatic nitrogens is 1. The van der Waals surface area contributed by atoms with E-state index in [0.717, 1.165) is 6.07 Å². The van der Waals surface area contributed by atoms with E-state index in [0.29, 0.717) is 0 Å². The largest absolute Gasteiger partial charge is 0.266 e. The molecule has 1 aromatic heterocycles. The van der Waals surface area contributed by atoms with Crippen molar-refractivity contribution in [1.29, 1.82) is 0 Å². The number of hydrogen-bond acceptors (Lipinski definition) is 3. The molecule has 0 bridgehead atoms. The first-order chi connectivity index (χ1) is 6.73. The molecular formula is C6H4Cl2F2N2O2S. The number of alkyl halides is 2. The number of hydrogen-bond donors (Lipinski definition) is 1. The van der Waals surface area contributed by atoms with Gasteiger partial charge in [-0.1, -0.05) is 23.2 Å². The van der Waals surface area contributed by atoms with Gasteiger partial charge < -0.3 is 0 Å². The first-order valence-electron chi connectivity index (χ1n) is 3.40. The van der Waals surface area contributed by atoms with E-state index in [9.17, 15) is 17.2 Å². The van der Waals surface area contributed by atoms with E-state index < -0.39 is 37.2 Å². The van der Waals surface area contributed by atoms with Gasteiger partial charge in [-0.2, -0.15) is 0 Å². The van der Waals surface area contributed by atoms with Crippen molar-refractivity contribution in [1.82, 2.24) is 4.98 Å². The van der Waals surface area contributed by atoms with Gasteiger partial charge in [0.2, 0.25) is 0 Å². The molecular weight excluding hydrogens is 273 g/mol. The summed E-state index contributed by atoms with van der Waals surface area (Å²) in [6.07, 6.45) is -2.89. The molecule has 84 valence electrons. The number of pyridine rings is 1. The molecule has 0 saturated heterocycles. The Hall–Kier alpha value is -0.500. The van der Waals surface area contributed by atoms with Crippen molar-refractivity contribution < 1.29 is 17.2 Å². The average molecular weight is 277 g/mol. The molecule has 0 aromatic carbocycles. The van der Waals surface area contributed by atoms with Gasteiger partial charge in [0, 0.05) is 0 Å². The molecule has 1 rings (SSSR count). The average Bonchev–Trinajstić information content (AvgIpc) is 2.06. The molecule has 0 atom stereocenters. The van der Waals surface area contributed by atoms with Crippen molar-refractivity contribution in [2.45, 2.75) is 11.5 Å². The topological polar surface area (TPSA) is 73.1 Å². The summed E-state index contributed by atoms with van der Waals surface area (Å²) in [5.74, 6) is 0. The van der Waals surface area contributed by atoms with Crippen LogP contribution in [0, 0.1) is 0 Å². The molecule has 0 aliphatic carbocycles. The number of halogens is 4. The van der Waals surface area contributed by atoms with Gasteiger partial charge in [-0.3, -0.25) is 0 Å². The lowest BCUT2D eigenvalue weighted by Gasteiger charge is -2.06. The van der Waals surface area contributed by atoms with Crippen LogP contribution in [0.1, 0.15) is 12.0 Å². The zero-order chi connectivity index (χ0) is 11.8. The molecule has 0 unspecified atom stereocenters. The highest BCUT2D eigenvalue weighted by Gasteiger charge is 2.21. The lowest BCUT2D eigenvalue weighted by atomic mass is 10.3. The van der Waals surface area contributed by atoms with E-state index in [2.05, 4.69) is 4.98 Å². The van der Waals surface area contributed by atoms with Crippen LogP contribution in [0.2, 0.25) is 10.2 Å². The third kappa shape index (κ3) is 2.75. The van der Waals surface area contributed by atoms with Gasteiger partial charge in [0.05, 0.1) is 10.6 Å². The van der Waals surface area contributed by atoms with Gasteiger partial charge in [0.15, 0.2) is 5.03 Å². The van der Waals surface area contributed by atoms with Crippen LogP contribution >= 0.6 is 23.2 Å². The lowest BCUT2D eigenvalue weighted by Crippen LogP contribution is -2.15. The van der Waals surface area contributed by atoms with E-state index in [-0.39, 0.29) is 0 Å². The predicted molar refractivity (Wildman–Crippen MR) is 50.6 cm³/mol. The first-order valence-corrected chi connectivity index (χ1v) is 5.70. The normalized spacial score (nSPS) is 12.1. The van der Waals surface area contributed by atoms with Gasteiger partial charge in [-0.05, 0) is 6.07 Å². The smallest absolute Gasteiger partial charge is 0.223 e. The second kappa shape index (κ2) is 4.17. The molecule has 0 amide bonds. The predicted octanol–water partition coefficient (Wildman–Crippen LogP) is 1.97. The molecule has 1 heterocycles. The Morgan fingerprint density at radius 1 is 1.40 bits per heavy atom. The van der Waals surface area contributed by atoms with Gasteiger partial charge in [-0.15, -0.1) is 0 Å². The van der Waals surface area contributed by atoms with E-state index in [1.807, 2.05) is 0 Å². The van der Waals surface area contributed by atoms with Crippen LogP contribution < -0.4 is 5.14 Å². The molecule has 2 N–H and O–H groups in total. The quantitative estimate of drug-likeness (QED) is 0.840. The van der Waals surface area contributed by atoms with Crippen LogP contribution in [0.25, 0.3) is 0 Å². The molecule has 0 aliphatic rings. The highest BCUT2D eigenvalue weighted by molar-refractivity contribution is 7.89. The molecule has 15 heavy (non-hydrogen) atoms. The molecule has 1 aromatic rings. The van der Waals surface area contributed by atoms with Crippen molar-refractivity contribution in [2.24, 2.45) is 5.14 Å². The Balaban J connectivity index is 3.46. The van der Waals surface area contributed by atoms with E-state index in [4.69, 9.17) is 28.3 Å². The Labute approximate surface area is 94.1 Å². The van der Waals surface area contributed by atoms with Crippen molar-refractivity contribution >= 4 is 33.2 Å². The molecule has 0 aliphatic heterocycles. The second-order valence-corrected chi connectivity index (χ2v) is 4.74. The zero-order valence-corrected chi connectivity index (χ0v) is 9.24. The molecule has 0 radical (unpaired) electrons. The first kappa shape index (κ1) is 12.6. The summed E-state index contributed by atoms with van der Waals surface area (Å²) in [6, 6.07) is 0.724. The van der Waals surface area contributed by atoms with E-state index in [1.54, 1.807) is 0 Å². The molecule has 0 spiro atoms. The Morgan fingerprint density at radius 3 is 2.33 bits per heavy atom. The Morgan fingerprint density at radius 2 is 1.93 bits per heavy atom. The highest BCUT2D eigenvalue weighted by Crippen LogP contribution is 2.30. The maximum Gasteiger partial charge on any atom is 0.266 e. The summed E-state index contributed by atoms with van der Waals surface area (Å²) in [7, 11) is -4.17. The third-order valence-corrected chi connectivity index (χ3v) is 2.98. The fourth-order valence-electron chi connectivity index (χ4n) is 0.817. The highest BCUT2D eigenvalue weighted by atomic mass is 35.5. The lowest BCUT2D eigenvalue weighted by molar-refractivity contribution is 0.151. The monoisotopic (exact) mass is 276 g/mol. The van der Waals surface area contributed by atoms with E-state index >= 15 is 0 Å². The summed E-state index contributed by atoms with van der Waals surface area (Å²) >= 11 is 10.7. The minimum Gasteiger partial charge on any atom is -0.223 e. The molecule has 0 saturated carbocycles. The number of sulfonamides is 1. The molecule has 0 fully saturated rings. The van der Waals surface area contributed by atoms with Gasteiger partial charge in [0.25, 0.3) is 16.4 Å². The Bertz CT molecular complexity index is 492. The number of nitrogens with two attached hydrogens (primary N) is 1. The SMILES string of the molecule is NS(=O)(=O)c1nc(Cl)c(C(F)F)cc1Cl. The molecule has 9 heteroatoms. The molecule has 4 nitrogen and oxygen atoms in total. The van der Waals surface area contributed by atoms with Crippen molar-refractivity contribution in [3.8, 4) is 0 Å². The Kier molecular flexibility index (Phi) is 3.49. The minimum atomic E-state index is -4.17. The number of primary sulfonamides is 1. The number of rotatable bonds is 2. The maximum atomic E-state index is 12.3. The van der Waals surface area contributed by atoms with Gasteiger partial charge >= 0.3 is 0 Å². The van der Waals surface area contributed by atoms with Crippen LogP contribution in [0.4, 0.5) is 8.78 Å². The third-order valence-electron chi connectivity index (χ3n) is 1.43. The zero-order valence-electron chi connectivity index (χ0n) is 6.92. The van der Waals surface area contributed by atoms with Gasteiger partial charge in [-0.25, -0.2) is 27.3 Å². The van der Waals surface area contributed by atoms with Crippen LogP contribution in [-0.2, 0) is 10.0 Å². The minimum absolute atomic E-state index is 0.489. The van der Waals surface area contributed by atoms with Crippen LogP contribution in [0.5, 0.6) is 0 Å². The standard InChI is InChI=1S/C6H4Cl2F2N2O2S/c7-3-1-2(5(9)10)4(8)12-6(3)15(11,13)14/h1,5H,(H2,11,13,14). The van der Waals surface area contributed by atoms with Gasteiger partial charge in [0.1, 0.15) is 5.15 Å². The summed E-state index contributed by atoms with van der Waals surface area (Å²) in [5, 5.41) is 2.88. The number of nitrogens with zero attached hydrogens (tertiary/aromatic N) is 1. The summed E-state index contributed by atoms with van der Waals surface area (Å²) < 4.78 is 46.3. The summed E-state index contributed by atoms with van der Waals surface area (Å²) in [5.41, 5.74) is -0.644.